The molecule has 2 aliphatic rings. The van der Waals surface area contributed by atoms with Gasteiger partial charge in [0.25, 0.3) is 5.91 Å². The molecule has 0 fully saturated rings. The predicted molar refractivity (Wildman–Crippen MR) is 125 cm³/mol. The maximum absolute atomic E-state index is 13.6. The molecule has 1 aromatic heterocycles. The monoisotopic (exact) mass is 475 g/mol. The van der Waals surface area contributed by atoms with Gasteiger partial charge in [-0.05, 0) is 53.6 Å². The molecule has 2 aliphatic heterocycles. The zero-order chi connectivity index (χ0) is 23.4. The van der Waals surface area contributed by atoms with Crippen molar-refractivity contribution in [3.05, 3.63) is 98.4 Å². The van der Waals surface area contributed by atoms with E-state index in [0.717, 1.165) is 11.1 Å². The summed E-state index contributed by atoms with van der Waals surface area (Å²) in [5.74, 6) is 1.64. The molecule has 0 bridgehead atoms. The summed E-state index contributed by atoms with van der Waals surface area (Å²) >= 11 is 6.15. The van der Waals surface area contributed by atoms with Gasteiger partial charge >= 0.3 is 0 Å². The van der Waals surface area contributed by atoms with Crippen molar-refractivity contribution in [1.82, 2.24) is 4.90 Å². The SMILES string of the molecule is COc1ccc(C2c3c(oc4ccc(Cl)cc4c3=O)C(=O)N2Cc2ccc3c(c2)OCO3)cc1. The highest BCUT2D eigenvalue weighted by molar-refractivity contribution is 6.31. The van der Waals surface area contributed by atoms with E-state index in [-0.39, 0.29) is 30.4 Å². The molecule has 7 nitrogen and oxygen atoms in total. The van der Waals surface area contributed by atoms with E-state index in [2.05, 4.69) is 0 Å². The van der Waals surface area contributed by atoms with Crippen molar-refractivity contribution >= 4 is 28.5 Å². The number of hydrogen-bond acceptors (Lipinski definition) is 6. The lowest BCUT2D eigenvalue weighted by atomic mass is 9.98. The minimum Gasteiger partial charge on any atom is -0.497 e. The summed E-state index contributed by atoms with van der Waals surface area (Å²) in [5.41, 5.74) is 1.94. The minimum absolute atomic E-state index is 0.0429. The number of rotatable bonds is 4. The fraction of sp³-hybridized carbons (Fsp3) is 0.154. The Bertz CT molecular complexity index is 1510. The quantitative estimate of drug-likeness (QED) is 0.416. The van der Waals surface area contributed by atoms with Gasteiger partial charge < -0.3 is 23.5 Å². The van der Waals surface area contributed by atoms with Crippen LogP contribution < -0.4 is 19.6 Å². The number of ether oxygens (including phenoxy) is 3. The Kier molecular flexibility index (Phi) is 4.74. The largest absolute Gasteiger partial charge is 0.497 e. The lowest BCUT2D eigenvalue weighted by Gasteiger charge is -2.25. The molecular weight excluding hydrogens is 458 g/mol. The molecule has 1 amide bonds. The Morgan fingerprint density at radius 2 is 1.79 bits per heavy atom. The van der Waals surface area contributed by atoms with E-state index in [1.54, 1.807) is 42.3 Å². The summed E-state index contributed by atoms with van der Waals surface area (Å²) in [6, 6.07) is 17.0. The molecule has 0 aliphatic carbocycles. The van der Waals surface area contributed by atoms with Gasteiger partial charge in [0, 0.05) is 11.6 Å². The molecule has 4 aromatic rings. The van der Waals surface area contributed by atoms with E-state index in [9.17, 15) is 9.59 Å². The average Bonchev–Trinajstić information content (AvgIpc) is 3.43. The molecule has 0 spiro atoms. The van der Waals surface area contributed by atoms with Crippen molar-refractivity contribution in [3.63, 3.8) is 0 Å². The van der Waals surface area contributed by atoms with Crippen LogP contribution in [0.15, 0.2) is 69.9 Å². The van der Waals surface area contributed by atoms with Crippen LogP contribution in [0.4, 0.5) is 0 Å². The van der Waals surface area contributed by atoms with Crippen molar-refractivity contribution in [3.8, 4) is 17.2 Å². The average molecular weight is 476 g/mol. The fourth-order valence-electron chi connectivity index (χ4n) is 4.52. The van der Waals surface area contributed by atoms with Gasteiger partial charge in [0.1, 0.15) is 11.3 Å². The van der Waals surface area contributed by atoms with Crippen LogP contribution in [-0.2, 0) is 6.54 Å². The fourth-order valence-corrected chi connectivity index (χ4v) is 4.70. The van der Waals surface area contributed by atoms with Gasteiger partial charge in [0.05, 0.1) is 24.1 Å². The van der Waals surface area contributed by atoms with Crippen LogP contribution in [0.1, 0.15) is 33.3 Å². The maximum atomic E-state index is 13.6. The van der Waals surface area contributed by atoms with Crippen LogP contribution in [0.2, 0.25) is 5.02 Å². The first-order valence-corrected chi connectivity index (χ1v) is 11.0. The second-order valence-electron chi connectivity index (χ2n) is 8.11. The molecule has 0 N–H and O–H groups in total. The number of hydrogen-bond donors (Lipinski definition) is 0. The van der Waals surface area contributed by atoms with Crippen LogP contribution in [-0.4, -0.2) is 24.7 Å². The Morgan fingerprint density at radius 1 is 1.00 bits per heavy atom. The summed E-state index contributed by atoms with van der Waals surface area (Å²) in [4.78, 5) is 28.8. The Morgan fingerprint density at radius 3 is 2.59 bits per heavy atom. The second kappa shape index (κ2) is 7.81. The first-order valence-electron chi connectivity index (χ1n) is 10.6. The van der Waals surface area contributed by atoms with Gasteiger partial charge in [-0.3, -0.25) is 9.59 Å². The molecule has 0 radical (unpaired) electrons. The van der Waals surface area contributed by atoms with Crippen LogP contribution in [0.25, 0.3) is 11.0 Å². The lowest BCUT2D eigenvalue weighted by Crippen LogP contribution is -2.29. The molecule has 1 unspecified atom stereocenters. The molecule has 6 rings (SSSR count). The number of carbonyl (C=O) groups excluding carboxylic acids is 1. The number of amides is 1. The summed E-state index contributed by atoms with van der Waals surface area (Å²) in [6.07, 6.45) is 0. The van der Waals surface area contributed by atoms with E-state index in [1.807, 2.05) is 30.3 Å². The number of benzene rings is 3. The van der Waals surface area contributed by atoms with E-state index >= 15 is 0 Å². The minimum atomic E-state index is -0.640. The molecule has 34 heavy (non-hydrogen) atoms. The standard InChI is InChI=1S/C26H18ClNO6/c1-31-17-6-3-15(4-7-17)23-22-24(29)18-11-16(27)5-9-19(18)34-25(22)26(30)28(23)12-14-2-8-20-21(10-14)33-13-32-20/h2-11,23H,12-13H2,1H3. The number of halogens is 1. The van der Waals surface area contributed by atoms with Crippen molar-refractivity contribution < 1.29 is 23.4 Å². The van der Waals surface area contributed by atoms with Crippen LogP contribution >= 0.6 is 11.6 Å². The molecule has 3 heterocycles. The number of nitrogens with zero attached hydrogens (tertiary/aromatic N) is 1. The van der Waals surface area contributed by atoms with Gasteiger partial charge in [-0.15, -0.1) is 0 Å². The highest BCUT2D eigenvalue weighted by Gasteiger charge is 2.42. The summed E-state index contributed by atoms with van der Waals surface area (Å²) in [7, 11) is 1.58. The van der Waals surface area contributed by atoms with Crippen molar-refractivity contribution in [2.75, 3.05) is 13.9 Å². The normalized spacial score (nSPS) is 16.2. The predicted octanol–water partition coefficient (Wildman–Crippen LogP) is 4.93. The molecule has 1 atom stereocenters. The van der Waals surface area contributed by atoms with Gasteiger partial charge in [-0.1, -0.05) is 29.8 Å². The second-order valence-corrected chi connectivity index (χ2v) is 8.55. The molecule has 0 saturated heterocycles. The molecule has 8 heteroatoms. The highest BCUT2D eigenvalue weighted by atomic mass is 35.5. The summed E-state index contributed by atoms with van der Waals surface area (Å²) in [5, 5.41) is 0.754. The lowest BCUT2D eigenvalue weighted by molar-refractivity contribution is 0.0714. The van der Waals surface area contributed by atoms with E-state index in [1.165, 1.54) is 0 Å². The van der Waals surface area contributed by atoms with E-state index < -0.39 is 6.04 Å². The van der Waals surface area contributed by atoms with Crippen molar-refractivity contribution in [2.24, 2.45) is 0 Å². The number of carbonyl (C=O) groups is 1. The third kappa shape index (κ3) is 3.20. The molecular formula is C26H18ClNO6. The topological polar surface area (TPSA) is 78.2 Å². The van der Waals surface area contributed by atoms with Crippen molar-refractivity contribution in [2.45, 2.75) is 12.6 Å². The molecule has 170 valence electrons. The maximum Gasteiger partial charge on any atom is 0.291 e. The molecule has 0 saturated carbocycles. The zero-order valence-electron chi connectivity index (χ0n) is 18.0. The summed E-state index contributed by atoms with van der Waals surface area (Å²) < 4.78 is 22.1. The first kappa shape index (κ1) is 20.6. The van der Waals surface area contributed by atoms with Crippen molar-refractivity contribution in [1.29, 1.82) is 0 Å². The van der Waals surface area contributed by atoms with Gasteiger partial charge in [-0.2, -0.15) is 0 Å². The van der Waals surface area contributed by atoms with Gasteiger partial charge in [-0.25, -0.2) is 0 Å². The van der Waals surface area contributed by atoms with Crippen LogP contribution in [0.5, 0.6) is 17.2 Å². The van der Waals surface area contributed by atoms with Gasteiger partial charge in [0.15, 0.2) is 16.9 Å². The van der Waals surface area contributed by atoms with Crippen LogP contribution in [0, 0.1) is 0 Å². The molecule has 3 aromatic carbocycles. The van der Waals surface area contributed by atoms with E-state index in [4.69, 9.17) is 30.2 Å². The summed E-state index contributed by atoms with van der Waals surface area (Å²) in [6.45, 7) is 0.405. The van der Waals surface area contributed by atoms with Gasteiger partial charge in [0.2, 0.25) is 12.6 Å². The zero-order valence-corrected chi connectivity index (χ0v) is 18.8. The third-order valence-electron chi connectivity index (χ3n) is 6.15. The smallest absolute Gasteiger partial charge is 0.291 e. The van der Waals surface area contributed by atoms with Crippen LogP contribution in [0.3, 0.4) is 0 Å². The Balaban J connectivity index is 1.51. The number of fused-ring (bicyclic) bond motifs is 3. The highest BCUT2D eigenvalue weighted by Crippen LogP contribution is 2.41. The first-order chi connectivity index (χ1) is 16.5. The Labute approximate surface area is 199 Å². The Hall–Kier alpha value is -3.97. The number of methoxy groups -OCH3 is 1. The van der Waals surface area contributed by atoms with E-state index in [0.29, 0.717) is 38.8 Å². The third-order valence-corrected chi connectivity index (χ3v) is 6.38.